The summed E-state index contributed by atoms with van der Waals surface area (Å²) in [7, 11) is 3.63. The van der Waals surface area contributed by atoms with Crippen LogP contribution in [-0.4, -0.2) is 25.6 Å². The fourth-order valence-corrected chi connectivity index (χ4v) is 3.76. The molecule has 5 nitrogen and oxygen atoms in total. The number of benzene rings is 2. The van der Waals surface area contributed by atoms with E-state index >= 15 is 0 Å². The zero-order valence-electron chi connectivity index (χ0n) is 15.6. The number of methoxy groups -OCH3 is 1. The molecule has 0 saturated carbocycles. The van der Waals surface area contributed by atoms with Crippen molar-refractivity contribution in [2.45, 2.75) is 25.2 Å². The Morgan fingerprint density at radius 2 is 1.85 bits per heavy atom. The average Bonchev–Trinajstić information content (AvgIpc) is 2.82. The molecule has 0 spiro atoms. The van der Waals surface area contributed by atoms with Gasteiger partial charge in [0.15, 0.2) is 0 Å². The Bertz CT molecular complexity index is 841. The second-order valence-corrected chi connectivity index (χ2v) is 7.15. The van der Waals surface area contributed by atoms with Gasteiger partial charge in [0.05, 0.1) is 13.0 Å². The van der Waals surface area contributed by atoms with E-state index < -0.39 is 0 Å². The second kappa shape index (κ2) is 6.83. The van der Waals surface area contributed by atoms with Gasteiger partial charge in [0, 0.05) is 28.8 Å². The van der Waals surface area contributed by atoms with Crippen LogP contribution in [0.2, 0.25) is 0 Å². The Balaban J connectivity index is 2.04. The van der Waals surface area contributed by atoms with Gasteiger partial charge in [0.25, 0.3) is 0 Å². The van der Waals surface area contributed by atoms with Gasteiger partial charge in [-0.2, -0.15) is 0 Å². The maximum Gasteiger partial charge on any atom is 0.214 e. The van der Waals surface area contributed by atoms with Crippen LogP contribution in [0.5, 0.6) is 5.75 Å². The number of rotatable bonds is 5. The molecule has 0 aromatic heterocycles. The van der Waals surface area contributed by atoms with Crippen molar-refractivity contribution in [2.75, 3.05) is 25.6 Å². The van der Waals surface area contributed by atoms with Crippen LogP contribution >= 0.6 is 0 Å². The monoisotopic (exact) mass is 352 g/mol. The highest BCUT2D eigenvalue weighted by atomic mass is 16.6. The molecule has 1 heterocycles. The number of ether oxygens (including phenoxy) is 1. The average molecular weight is 352 g/mol. The minimum atomic E-state index is -0.304. The SMILES string of the molecule is COc1ccc(C(/C=C2/N(C)c3ccccc3C2(C)C)C[N+](=O)[O-])cc1. The number of anilines is 1. The maximum atomic E-state index is 11.3. The zero-order chi connectivity index (χ0) is 18.9. The van der Waals surface area contributed by atoms with Crippen LogP contribution in [-0.2, 0) is 5.41 Å². The fourth-order valence-electron chi connectivity index (χ4n) is 3.76. The molecule has 1 atom stereocenters. The molecule has 0 saturated heterocycles. The largest absolute Gasteiger partial charge is 0.497 e. The first-order chi connectivity index (χ1) is 12.3. The van der Waals surface area contributed by atoms with Crippen molar-refractivity contribution in [3.8, 4) is 5.75 Å². The van der Waals surface area contributed by atoms with E-state index in [2.05, 4.69) is 30.9 Å². The van der Waals surface area contributed by atoms with E-state index in [9.17, 15) is 10.1 Å². The van der Waals surface area contributed by atoms with Crippen molar-refractivity contribution in [2.24, 2.45) is 0 Å². The number of fused-ring (bicyclic) bond motifs is 1. The minimum absolute atomic E-state index is 0.143. The molecule has 0 amide bonds. The van der Waals surface area contributed by atoms with Crippen LogP contribution in [0.1, 0.15) is 30.9 Å². The molecule has 1 unspecified atom stereocenters. The molecule has 1 aliphatic rings. The van der Waals surface area contributed by atoms with Gasteiger partial charge in [-0.25, -0.2) is 0 Å². The molecule has 0 fully saturated rings. The fraction of sp³-hybridized carbons (Fsp3) is 0.333. The predicted octanol–water partition coefficient (Wildman–Crippen LogP) is 4.37. The number of hydrogen-bond acceptors (Lipinski definition) is 4. The van der Waals surface area contributed by atoms with Gasteiger partial charge in [-0.1, -0.05) is 50.3 Å². The van der Waals surface area contributed by atoms with Crippen molar-refractivity contribution in [1.29, 1.82) is 0 Å². The van der Waals surface area contributed by atoms with E-state index in [1.54, 1.807) is 7.11 Å². The summed E-state index contributed by atoms with van der Waals surface area (Å²) in [6.45, 7) is 4.19. The maximum absolute atomic E-state index is 11.3. The highest BCUT2D eigenvalue weighted by molar-refractivity contribution is 5.70. The summed E-state index contributed by atoms with van der Waals surface area (Å²) < 4.78 is 5.20. The molecular weight excluding hydrogens is 328 g/mol. The number of para-hydroxylation sites is 1. The van der Waals surface area contributed by atoms with Crippen LogP contribution in [0.4, 0.5) is 5.69 Å². The predicted molar refractivity (Wildman–Crippen MR) is 104 cm³/mol. The van der Waals surface area contributed by atoms with Gasteiger partial charge in [0.2, 0.25) is 6.54 Å². The van der Waals surface area contributed by atoms with E-state index in [1.807, 2.05) is 49.5 Å². The summed E-state index contributed by atoms with van der Waals surface area (Å²) in [4.78, 5) is 13.2. The molecule has 1 aliphatic heterocycles. The second-order valence-electron chi connectivity index (χ2n) is 7.15. The summed E-state index contributed by atoms with van der Waals surface area (Å²) in [6, 6.07) is 15.8. The minimum Gasteiger partial charge on any atom is -0.497 e. The van der Waals surface area contributed by atoms with Crippen molar-refractivity contribution in [1.82, 2.24) is 0 Å². The Morgan fingerprint density at radius 3 is 2.42 bits per heavy atom. The first-order valence-corrected chi connectivity index (χ1v) is 8.66. The molecule has 136 valence electrons. The lowest BCUT2D eigenvalue weighted by atomic mass is 9.82. The van der Waals surface area contributed by atoms with E-state index in [1.165, 1.54) is 5.56 Å². The Hall–Kier alpha value is -2.82. The van der Waals surface area contributed by atoms with Crippen LogP contribution < -0.4 is 9.64 Å². The Morgan fingerprint density at radius 1 is 1.19 bits per heavy atom. The van der Waals surface area contributed by atoms with Gasteiger partial charge < -0.3 is 9.64 Å². The molecule has 0 N–H and O–H groups in total. The number of nitrogens with zero attached hydrogens (tertiary/aromatic N) is 2. The molecule has 0 radical (unpaired) electrons. The van der Waals surface area contributed by atoms with E-state index in [0.717, 1.165) is 22.7 Å². The van der Waals surface area contributed by atoms with Crippen LogP contribution in [0.15, 0.2) is 60.3 Å². The molecule has 2 aromatic rings. The summed E-state index contributed by atoms with van der Waals surface area (Å²) in [5.41, 5.74) is 4.19. The Labute approximate surface area is 154 Å². The summed E-state index contributed by atoms with van der Waals surface area (Å²) >= 11 is 0. The quantitative estimate of drug-likeness (QED) is 0.592. The topological polar surface area (TPSA) is 55.6 Å². The highest BCUT2D eigenvalue weighted by Gasteiger charge is 2.39. The van der Waals surface area contributed by atoms with Crippen molar-refractivity contribution >= 4 is 5.69 Å². The normalized spacial score (nSPS) is 17.8. The first kappa shape index (κ1) is 18.0. The van der Waals surface area contributed by atoms with Crippen LogP contribution in [0, 0.1) is 10.1 Å². The van der Waals surface area contributed by atoms with E-state index in [0.29, 0.717) is 0 Å². The smallest absolute Gasteiger partial charge is 0.214 e. The van der Waals surface area contributed by atoms with Gasteiger partial charge in [0.1, 0.15) is 5.75 Å². The van der Waals surface area contributed by atoms with Crippen molar-refractivity contribution in [3.05, 3.63) is 81.5 Å². The van der Waals surface area contributed by atoms with Gasteiger partial charge in [-0.05, 0) is 29.3 Å². The standard InChI is InChI=1S/C21H24N2O3/c1-21(2)18-7-5-6-8-19(18)22(3)20(21)13-16(14-23(24)25)15-9-11-17(26-4)12-10-15/h5-13,16H,14H2,1-4H3/b20-13+. The molecule has 2 aromatic carbocycles. The summed E-state index contributed by atoms with van der Waals surface area (Å²) in [6.07, 6.45) is 2.05. The molecule has 0 bridgehead atoms. The number of hydrogen-bond donors (Lipinski definition) is 0. The van der Waals surface area contributed by atoms with Crippen LogP contribution in [0.3, 0.4) is 0 Å². The molecule has 0 aliphatic carbocycles. The third kappa shape index (κ3) is 3.17. The molecule has 5 heteroatoms. The molecular formula is C21H24N2O3. The Kier molecular flexibility index (Phi) is 4.72. The molecule has 26 heavy (non-hydrogen) atoms. The van der Waals surface area contributed by atoms with Gasteiger partial charge in [-0.15, -0.1) is 0 Å². The van der Waals surface area contributed by atoms with E-state index in [-0.39, 0.29) is 22.8 Å². The van der Waals surface area contributed by atoms with Gasteiger partial charge in [-0.3, -0.25) is 10.1 Å². The summed E-state index contributed by atoms with van der Waals surface area (Å²) in [5.74, 6) is 0.439. The molecule has 3 rings (SSSR count). The van der Waals surface area contributed by atoms with E-state index in [4.69, 9.17) is 4.74 Å². The lowest BCUT2D eigenvalue weighted by Crippen LogP contribution is -2.25. The third-order valence-corrected chi connectivity index (χ3v) is 5.19. The van der Waals surface area contributed by atoms with Crippen molar-refractivity contribution < 1.29 is 9.66 Å². The number of allylic oxidation sites excluding steroid dienone is 1. The zero-order valence-corrected chi connectivity index (χ0v) is 15.6. The number of nitro groups is 1. The van der Waals surface area contributed by atoms with Gasteiger partial charge >= 0.3 is 0 Å². The lowest BCUT2D eigenvalue weighted by molar-refractivity contribution is -0.481. The summed E-state index contributed by atoms with van der Waals surface area (Å²) in [5, 5.41) is 11.3. The number of likely N-dealkylation sites (N-methyl/N-ethyl adjacent to an activating group) is 1. The van der Waals surface area contributed by atoms with Crippen LogP contribution in [0.25, 0.3) is 0 Å². The highest BCUT2D eigenvalue weighted by Crippen LogP contribution is 2.47. The van der Waals surface area contributed by atoms with Crippen molar-refractivity contribution in [3.63, 3.8) is 0 Å². The third-order valence-electron chi connectivity index (χ3n) is 5.19. The first-order valence-electron chi connectivity index (χ1n) is 8.66. The lowest BCUT2D eigenvalue weighted by Gasteiger charge is -2.26.